The van der Waals surface area contributed by atoms with Gasteiger partial charge in [-0.15, -0.1) is 0 Å². The molecule has 0 N–H and O–H groups in total. The monoisotopic (exact) mass is 250 g/mol. The molecule has 0 aliphatic rings. The van der Waals surface area contributed by atoms with Gasteiger partial charge in [0.1, 0.15) is 5.75 Å². The topological polar surface area (TPSA) is 43.4 Å². The van der Waals surface area contributed by atoms with Gasteiger partial charge in [-0.05, 0) is 36.4 Å². The summed E-state index contributed by atoms with van der Waals surface area (Å²) < 4.78 is 17.7. The Labute approximate surface area is 100 Å². The minimum Gasteiger partial charge on any atom is -0.447 e. The van der Waals surface area contributed by atoms with Gasteiger partial charge in [0.2, 0.25) is 0 Å². The Balaban J connectivity index is 2.13. The van der Waals surface area contributed by atoms with E-state index in [-0.39, 0.29) is 5.56 Å². The predicted molar refractivity (Wildman–Crippen MR) is 61.7 cm³/mol. The quantitative estimate of drug-likeness (QED) is 0.616. The molecular weight excluding hydrogens is 243 g/mol. The van der Waals surface area contributed by atoms with Gasteiger partial charge in [0, 0.05) is 0 Å². The average molecular weight is 250 g/mol. The average Bonchev–Trinajstić information content (AvgIpc) is 2.77. The number of ether oxygens (including phenoxy) is 1. The number of carbonyl (C=O) groups excluding carboxylic acids is 2. The predicted octanol–water partition coefficient (Wildman–Crippen LogP) is 3.46. The molecule has 0 unspecified atom stereocenters. The van der Waals surface area contributed by atoms with E-state index < -0.39 is 6.04 Å². The third kappa shape index (κ3) is 2.76. The molecule has 0 bridgehead atoms. The van der Waals surface area contributed by atoms with Crippen molar-refractivity contribution in [1.82, 2.24) is 0 Å². The first-order valence-electron chi connectivity index (χ1n) is 4.72. The Hall–Kier alpha value is -2.01. The lowest BCUT2D eigenvalue weighted by Crippen LogP contribution is -1.89. The fourth-order valence-electron chi connectivity index (χ4n) is 1.22. The minimum atomic E-state index is -1.48. The normalized spacial score (nSPS) is 9.94. The van der Waals surface area contributed by atoms with Gasteiger partial charge < -0.3 is 4.74 Å². The second kappa shape index (κ2) is 4.88. The zero-order valence-corrected chi connectivity index (χ0v) is 9.37. The highest BCUT2D eigenvalue weighted by atomic mass is 32.1. The largest absolute Gasteiger partial charge is 0.447 e. The van der Waals surface area contributed by atoms with E-state index in [1.165, 1.54) is 35.6 Å². The SMILES string of the molecule is O=Cc1ccc(Oc2ccc(C(=O)F)cc2)s1. The maximum atomic E-state index is 12.3. The Morgan fingerprint density at radius 1 is 1.18 bits per heavy atom. The molecule has 3 nitrogen and oxygen atoms in total. The van der Waals surface area contributed by atoms with Crippen molar-refractivity contribution in [3.8, 4) is 10.8 Å². The van der Waals surface area contributed by atoms with E-state index in [0.717, 1.165) is 6.29 Å². The second-order valence-corrected chi connectivity index (χ2v) is 4.25. The van der Waals surface area contributed by atoms with E-state index in [4.69, 9.17) is 4.74 Å². The maximum absolute atomic E-state index is 12.3. The molecule has 17 heavy (non-hydrogen) atoms. The first-order valence-corrected chi connectivity index (χ1v) is 5.53. The Morgan fingerprint density at radius 3 is 2.41 bits per heavy atom. The van der Waals surface area contributed by atoms with Crippen LogP contribution in [0.2, 0.25) is 0 Å². The van der Waals surface area contributed by atoms with E-state index in [2.05, 4.69) is 0 Å². The summed E-state index contributed by atoms with van der Waals surface area (Å²) in [5.74, 6) is 0.481. The van der Waals surface area contributed by atoms with Crippen molar-refractivity contribution < 1.29 is 18.7 Å². The van der Waals surface area contributed by atoms with Gasteiger partial charge in [-0.3, -0.25) is 9.59 Å². The molecule has 0 atom stereocenters. The molecular formula is C12H7FO3S. The lowest BCUT2D eigenvalue weighted by atomic mass is 10.2. The summed E-state index contributed by atoms with van der Waals surface area (Å²) in [6.45, 7) is 0. The fraction of sp³-hybridized carbons (Fsp3) is 0. The highest BCUT2D eigenvalue weighted by Crippen LogP contribution is 2.28. The molecule has 0 saturated carbocycles. The summed E-state index contributed by atoms with van der Waals surface area (Å²) in [6, 6.07) is 7.50. The van der Waals surface area contributed by atoms with Crippen LogP contribution >= 0.6 is 11.3 Å². The molecule has 0 radical (unpaired) electrons. The van der Waals surface area contributed by atoms with Gasteiger partial charge in [0.05, 0.1) is 10.4 Å². The number of thiophene rings is 1. The van der Waals surface area contributed by atoms with E-state index >= 15 is 0 Å². The third-order valence-corrected chi connectivity index (χ3v) is 2.91. The van der Waals surface area contributed by atoms with Crippen molar-refractivity contribution in [2.24, 2.45) is 0 Å². The molecule has 2 rings (SSSR count). The molecule has 0 saturated heterocycles. The summed E-state index contributed by atoms with van der Waals surface area (Å²) in [4.78, 5) is 21.4. The van der Waals surface area contributed by atoms with Crippen LogP contribution in [0.3, 0.4) is 0 Å². The van der Waals surface area contributed by atoms with Crippen molar-refractivity contribution in [3.05, 3.63) is 46.8 Å². The van der Waals surface area contributed by atoms with Crippen molar-refractivity contribution in [2.45, 2.75) is 0 Å². The van der Waals surface area contributed by atoms with Crippen LogP contribution in [-0.4, -0.2) is 12.3 Å². The van der Waals surface area contributed by atoms with Crippen LogP contribution in [0.5, 0.6) is 10.8 Å². The van der Waals surface area contributed by atoms with Crippen LogP contribution in [0.15, 0.2) is 36.4 Å². The van der Waals surface area contributed by atoms with Crippen LogP contribution in [0, 0.1) is 0 Å². The highest BCUT2D eigenvalue weighted by Gasteiger charge is 2.05. The van der Waals surface area contributed by atoms with Crippen LogP contribution in [-0.2, 0) is 0 Å². The van der Waals surface area contributed by atoms with Gasteiger partial charge in [-0.25, -0.2) is 0 Å². The van der Waals surface area contributed by atoms with Gasteiger partial charge in [0.15, 0.2) is 11.3 Å². The van der Waals surface area contributed by atoms with Gasteiger partial charge in [-0.2, -0.15) is 4.39 Å². The summed E-state index contributed by atoms with van der Waals surface area (Å²) in [7, 11) is 0. The van der Waals surface area contributed by atoms with Crippen LogP contribution < -0.4 is 4.74 Å². The Kier molecular flexibility index (Phi) is 3.30. The highest BCUT2D eigenvalue weighted by molar-refractivity contribution is 7.15. The number of benzene rings is 1. The van der Waals surface area contributed by atoms with Crippen molar-refractivity contribution in [2.75, 3.05) is 0 Å². The van der Waals surface area contributed by atoms with Crippen molar-refractivity contribution >= 4 is 23.7 Å². The summed E-state index contributed by atoms with van der Waals surface area (Å²) >= 11 is 1.21. The van der Waals surface area contributed by atoms with E-state index in [9.17, 15) is 14.0 Å². The van der Waals surface area contributed by atoms with E-state index in [1.807, 2.05) is 0 Å². The van der Waals surface area contributed by atoms with Crippen molar-refractivity contribution in [3.63, 3.8) is 0 Å². The second-order valence-electron chi connectivity index (χ2n) is 3.17. The molecule has 1 heterocycles. The number of halogens is 1. The molecule has 2 aromatic rings. The number of rotatable bonds is 4. The summed E-state index contributed by atoms with van der Waals surface area (Å²) in [6.07, 6.45) is 0.738. The third-order valence-electron chi connectivity index (χ3n) is 2.02. The molecule has 86 valence electrons. The molecule has 0 aliphatic carbocycles. The summed E-state index contributed by atoms with van der Waals surface area (Å²) in [5, 5.41) is 0.562. The Bertz CT molecular complexity index is 545. The van der Waals surface area contributed by atoms with Gasteiger partial charge in [0.25, 0.3) is 0 Å². The molecule has 5 heteroatoms. The standard InChI is InChI=1S/C12H7FO3S/c13-12(15)8-1-3-9(4-2-8)16-11-6-5-10(7-14)17-11/h1-7H. The van der Waals surface area contributed by atoms with Crippen molar-refractivity contribution in [1.29, 1.82) is 0 Å². The van der Waals surface area contributed by atoms with Gasteiger partial charge in [-0.1, -0.05) is 11.3 Å². The molecule has 0 amide bonds. The van der Waals surface area contributed by atoms with Gasteiger partial charge >= 0.3 is 6.04 Å². The van der Waals surface area contributed by atoms with Crippen LogP contribution in [0.1, 0.15) is 20.0 Å². The number of carbonyl (C=O) groups is 2. The van der Waals surface area contributed by atoms with E-state index in [1.54, 1.807) is 12.1 Å². The zero-order chi connectivity index (χ0) is 12.3. The first kappa shape index (κ1) is 11.5. The fourth-order valence-corrected chi connectivity index (χ4v) is 1.91. The number of aldehydes is 1. The Morgan fingerprint density at radius 2 is 1.88 bits per heavy atom. The smallest absolute Gasteiger partial charge is 0.332 e. The number of hydrogen-bond acceptors (Lipinski definition) is 4. The maximum Gasteiger partial charge on any atom is 0.332 e. The minimum absolute atomic E-state index is 0.0166. The van der Waals surface area contributed by atoms with E-state index in [0.29, 0.717) is 15.7 Å². The summed E-state index contributed by atoms with van der Waals surface area (Å²) in [5.41, 5.74) is -0.0166. The van der Waals surface area contributed by atoms with Crippen LogP contribution in [0.25, 0.3) is 0 Å². The lowest BCUT2D eigenvalue weighted by Gasteiger charge is -2.02. The lowest BCUT2D eigenvalue weighted by molar-refractivity contribution is 0.0835. The molecule has 0 spiro atoms. The molecule has 1 aromatic heterocycles. The molecule has 0 aliphatic heterocycles. The molecule has 0 fully saturated rings. The molecule has 1 aromatic carbocycles. The zero-order valence-electron chi connectivity index (χ0n) is 8.55. The number of hydrogen-bond donors (Lipinski definition) is 0. The van der Waals surface area contributed by atoms with Crippen LogP contribution in [0.4, 0.5) is 4.39 Å². The first-order chi connectivity index (χ1) is 8.19.